The smallest absolute Gasteiger partial charge is 0.247 e. The maximum Gasteiger partial charge on any atom is 0.433 e. The molecule has 1 heterocycles. The van der Waals surface area contributed by atoms with Gasteiger partial charge in [0.1, 0.15) is 5.69 Å². The molecule has 0 radical (unpaired) electrons. The van der Waals surface area contributed by atoms with E-state index in [0.717, 1.165) is 6.07 Å². The van der Waals surface area contributed by atoms with Crippen molar-refractivity contribution in [1.29, 1.82) is 0 Å². The predicted octanol–water partition coefficient (Wildman–Crippen LogP) is 3.26. The van der Waals surface area contributed by atoms with Crippen LogP contribution in [0.3, 0.4) is 0 Å². The highest BCUT2D eigenvalue weighted by Gasteiger charge is 2.32. The van der Waals surface area contributed by atoms with Crippen LogP contribution in [0.2, 0.25) is 0 Å². The molecule has 0 N–H and O–H groups in total. The number of hydrogen-bond acceptors (Lipinski definition) is 1. The van der Waals surface area contributed by atoms with Crippen LogP contribution in [0.15, 0.2) is 18.2 Å². The third-order valence-electron chi connectivity index (χ3n) is 1.23. The molecule has 0 atom stereocenters. The van der Waals surface area contributed by atoms with Crippen molar-refractivity contribution < 1.29 is 13.2 Å². The molecule has 0 unspecified atom stereocenters. The Morgan fingerprint density at radius 1 is 1.31 bits per heavy atom. The van der Waals surface area contributed by atoms with Crippen molar-refractivity contribution >= 4 is 24.0 Å². The second-order valence-corrected chi connectivity index (χ2v) is 2.41. The fraction of sp³-hybridized carbons (Fsp3) is 0.286. The van der Waals surface area contributed by atoms with Gasteiger partial charge < -0.3 is 0 Å². The van der Waals surface area contributed by atoms with E-state index in [1.54, 1.807) is 0 Å². The predicted molar refractivity (Wildman–Crippen MR) is 46.0 cm³/mol. The van der Waals surface area contributed by atoms with Crippen molar-refractivity contribution in [2.45, 2.75) is 12.1 Å². The summed E-state index contributed by atoms with van der Waals surface area (Å²) in [5.41, 5.74) is -0.674. The molecule has 1 nitrogen and oxygen atoms in total. The highest BCUT2D eigenvalue weighted by atomic mass is 35.5. The molecule has 1 aromatic rings. The summed E-state index contributed by atoms with van der Waals surface area (Å²) in [7, 11) is 0. The zero-order chi connectivity index (χ0) is 9.19. The number of halogens is 5. The first-order valence-corrected chi connectivity index (χ1v) is 3.66. The summed E-state index contributed by atoms with van der Waals surface area (Å²) < 4.78 is 36.0. The minimum Gasteiger partial charge on any atom is -0.247 e. The van der Waals surface area contributed by atoms with Crippen LogP contribution in [0, 0.1) is 0 Å². The van der Waals surface area contributed by atoms with Crippen LogP contribution in [-0.2, 0) is 12.1 Å². The second kappa shape index (κ2) is 4.67. The number of pyridine rings is 1. The quantitative estimate of drug-likeness (QED) is 0.677. The average molecular weight is 232 g/mol. The van der Waals surface area contributed by atoms with Crippen molar-refractivity contribution in [2.24, 2.45) is 0 Å². The van der Waals surface area contributed by atoms with Gasteiger partial charge in [-0.25, -0.2) is 4.98 Å². The molecule has 0 saturated carbocycles. The first-order chi connectivity index (χ1) is 5.54. The van der Waals surface area contributed by atoms with Gasteiger partial charge in [-0.2, -0.15) is 13.2 Å². The molecule has 0 bridgehead atoms. The van der Waals surface area contributed by atoms with Crippen LogP contribution in [0.1, 0.15) is 11.4 Å². The van der Waals surface area contributed by atoms with Gasteiger partial charge in [0.25, 0.3) is 0 Å². The van der Waals surface area contributed by atoms with Gasteiger partial charge in [-0.15, -0.1) is 24.0 Å². The second-order valence-electron chi connectivity index (χ2n) is 2.15. The summed E-state index contributed by atoms with van der Waals surface area (Å²) >= 11 is 5.32. The summed E-state index contributed by atoms with van der Waals surface area (Å²) in [4.78, 5) is 3.31. The Morgan fingerprint density at radius 2 is 1.92 bits per heavy atom. The molecule has 74 valence electrons. The lowest BCUT2D eigenvalue weighted by Crippen LogP contribution is -2.08. The number of rotatable bonds is 1. The summed E-state index contributed by atoms with van der Waals surface area (Å²) in [6.45, 7) is 0. The van der Waals surface area contributed by atoms with Gasteiger partial charge in [0.2, 0.25) is 0 Å². The third-order valence-corrected chi connectivity index (χ3v) is 1.51. The Bertz CT molecular complexity index is 275. The van der Waals surface area contributed by atoms with Crippen LogP contribution in [0.4, 0.5) is 13.2 Å². The fourth-order valence-electron chi connectivity index (χ4n) is 0.712. The number of nitrogens with zero attached hydrogens (tertiary/aromatic N) is 1. The van der Waals surface area contributed by atoms with Crippen LogP contribution >= 0.6 is 24.0 Å². The first kappa shape index (κ1) is 12.5. The van der Waals surface area contributed by atoms with Gasteiger partial charge in [0.15, 0.2) is 0 Å². The first-order valence-electron chi connectivity index (χ1n) is 3.13. The summed E-state index contributed by atoms with van der Waals surface area (Å²) in [6.07, 6.45) is -4.39. The molecule has 0 fully saturated rings. The highest BCUT2D eigenvalue weighted by molar-refractivity contribution is 6.16. The molecular formula is C7H6Cl2F3N. The van der Waals surface area contributed by atoms with E-state index < -0.39 is 11.9 Å². The van der Waals surface area contributed by atoms with Crippen molar-refractivity contribution in [2.75, 3.05) is 0 Å². The molecule has 1 rings (SSSR count). The van der Waals surface area contributed by atoms with E-state index >= 15 is 0 Å². The zero-order valence-corrected chi connectivity index (χ0v) is 7.88. The van der Waals surface area contributed by atoms with Crippen molar-refractivity contribution in [3.05, 3.63) is 29.6 Å². The van der Waals surface area contributed by atoms with E-state index in [9.17, 15) is 13.2 Å². The van der Waals surface area contributed by atoms with Crippen LogP contribution in [0.5, 0.6) is 0 Å². The Morgan fingerprint density at radius 3 is 2.38 bits per heavy atom. The topological polar surface area (TPSA) is 12.9 Å². The Hall–Kier alpha value is -0.480. The molecule has 0 aromatic carbocycles. The molecule has 0 aliphatic rings. The molecular weight excluding hydrogens is 226 g/mol. The molecule has 1 aromatic heterocycles. The van der Waals surface area contributed by atoms with E-state index in [4.69, 9.17) is 11.6 Å². The van der Waals surface area contributed by atoms with Crippen LogP contribution < -0.4 is 0 Å². The van der Waals surface area contributed by atoms with Crippen molar-refractivity contribution in [1.82, 2.24) is 4.98 Å². The average Bonchev–Trinajstić information content (AvgIpc) is 2.03. The van der Waals surface area contributed by atoms with Gasteiger partial charge in [0.05, 0.1) is 11.6 Å². The maximum absolute atomic E-state index is 12.0. The van der Waals surface area contributed by atoms with E-state index in [1.165, 1.54) is 12.1 Å². The highest BCUT2D eigenvalue weighted by Crippen LogP contribution is 2.27. The molecule has 0 aliphatic carbocycles. The minimum atomic E-state index is -4.39. The summed E-state index contributed by atoms with van der Waals surface area (Å²) in [6, 6.07) is 3.64. The van der Waals surface area contributed by atoms with Crippen molar-refractivity contribution in [3.63, 3.8) is 0 Å². The molecule has 0 aliphatic heterocycles. The summed E-state index contributed by atoms with van der Waals surface area (Å²) in [5, 5.41) is 0. The monoisotopic (exact) mass is 231 g/mol. The van der Waals surface area contributed by atoms with Gasteiger partial charge in [-0.3, -0.25) is 0 Å². The lowest BCUT2D eigenvalue weighted by atomic mass is 10.3. The zero-order valence-electron chi connectivity index (χ0n) is 6.31. The SMILES string of the molecule is Cl.FC(F)(F)c1cccc(CCl)n1. The molecule has 0 amide bonds. The maximum atomic E-state index is 12.0. The Kier molecular flexibility index (Phi) is 4.50. The summed E-state index contributed by atoms with van der Waals surface area (Å²) in [5.74, 6) is -0.0100. The largest absolute Gasteiger partial charge is 0.433 e. The van der Waals surface area contributed by atoms with E-state index in [2.05, 4.69) is 4.98 Å². The number of hydrogen-bond donors (Lipinski definition) is 0. The van der Waals surface area contributed by atoms with E-state index in [-0.39, 0.29) is 24.0 Å². The normalized spacial score (nSPS) is 10.8. The van der Waals surface area contributed by atoms with Gasteiger partial charge >= 0.3 is 6.18 Å². The minimum absolute atomic E-state index is 0. The molecule has 13 heavy (non-hydrogen) atoms. The number of aromatic nitrogens is 1. The van der Waals surface area contributed by atoms with Gasteiger partial charge in [-0.1, -0.05) is 6.07 Å². The lowest BCUT2D eigenvalue weighted by molar-refractivity contribution is -0.141. The Balaban J connectivity index is 0.00000144. The van der Waals surface area contributed by atoms with Gasteiger partial charge in [0, 0.05) is 0 Å². The molecule has 0 spiro atoms. The Labute approximate surface area is 84.3 Å². The number of alkyl halides is 4. The standard InChI is InChI=1S/C7H5ClF3N.ClH/c8-4-5-2-1-3-6(12-5)7(9,10)11;/h1-3H,4H2;1H. The fourth-order valence-corrected chi connectivity index (χ4v) is 0.861. The van der Waals surface area contributed by atoms with E-state index in [1.807, 2.05) is 0 Å². The lowest BCUT2D eigenvalue weighted by Gasteiger charge is -2.05. The van der Waals surface area contributed by atoms with Crippen LogP contribution in [0.25, 0.3) is 0 Å². The van der Waals surface area contributed by atoms with Gasteiger partial charge in [-0.05, 0) is 12.1 Å². The molecule has 6 heteroatoms. The van der Waals surface area contributed by atoms with Crippen LogP contribution in [-0.4, -0.2) is 4.98 Å². The molecule has 0 saturated heterocycles. The third kappa shape index (κ3) is 3.40. The van der Waals surface area contributed by atoms with E-state index in [0.29, 0.717) is 0 Å². The van der Waals surface area contributed by atoms with Crippen molar-refractivity contribution in [3.8, 4) is 0 Å².